The minimum atomic E-state index is -0.669. The van der Waals surface area contributed by atoms with Crippen LogP contribution in [-0.2, 0) is 22.6 Å². The van der Waals surface area contributed by atoms with Crippen LogP contribution in [0.1, 0.15) is 49.7 Å². The summed E-state index contributed by atoms with van der Waals surface area (Å²) in [7, 11) is 1.64. The van der Waals surface area contributed by atoms with Gasteiger partial charge in [-0.3, -0.25) is 9.69 Å². The monoisotopic (exact) mass is 359 g/mol. The highest BCUT2D eigenvalue weighted by Crippen LogP contribution is 2.22. The number of carbonyl (C=O) groups excluding carboxylic acids is 1. The number of hydrogen-bond acceptors (Lipinski definition) is 4. The molecule has 2 N–H and O–H groups in total. The standard InChI is InChI=1S/C21H33N3O2/c1-26-21(10-12-22-13-11-21)20(25)23-16-18-6-8-19(9-7-18)17-24-14-4-2-3-5-15-24/h6-9,22H,2-5,10-17H2,1H3,(H,23,25). The van der Waals surface area contributed by atoms with Gasteiger partial charge in [-0.1, -0.05) is 37.1 Å². The topological polar surface area (TPSA) is 53.6 Å². The Bertz CT molecular complexity index is 559. The molecule has 0 aromatic heterocycles. The fourth-order valence-corrected chi connectivity index (χ4v) is 4.01. The molecule has 0 radical (unpaired) electrons. The summed E-state index contributed by atoms with van der Waals surface area (Å²) < 4.78 is 5.59. The van der Waals surface area contributed by atoms with Crippen molar-refractivity contribution in [3.8, 4) is 0 Å². The van der Waals surface area contributed by atoms with Crippen LogP contribution in [0.2, 0.25) is 0 Å². The number of methoxy groups -OCH3 is 1. The van der Waals surface area contributed by atoms with Gasteiger partial charge in [0.05, 0.1) is 0 Å². The predicted molar refractivity (Wildman–Crippen MR) is 104 cm³/mol. The Morgan fingerprint density at radius 1 is 1.08 bits per heavy atom. The molecule has 2 saturated heterocycles. The molecule has 0 unspecified atom stereocenters. The third-order valence-electron chi connectivity index (χ3n) is 5.80. The van der Waals surface area contributed by atoms with Crippen LogP contribution in [0.5, 0.6) is 0 Å². The average Bonchev–Trinajstić information content (AvgIpc) is 2.96. The van der Waals surface area contributed by atoms with E-state index >= 15 is 0 Å². The third kappa shape index (κ3) is 5.06. The van der Waals surface area contributed by atoms with Gasteiger partial charge in [-0.05, 0) is 63.0 Å². The first-order valence-corrected chi connectivity index (χ1v) is 10.1. The van der Waals surface area contributed by atoms with E-state index in [1.54, 1.807) is 7.11 Å². The quantitative estimate of drug-likeness (QED) is 0.819. The normalized spacial score (nSPS) is 21.1. The fourth-order valence-electron chi connectivity index (χ4n) is 4.01. The van der Waals surface area contributed by atoms with E-state index in [4.69, 9.17) is 4.74 Å². The van der Waals surface area contributed by atoms with Gasteiger partial charge in [0.25, 0.3) is 5.91 Å². The molecule has 2 aliphatic heterocycles. The van der Waals surface area contributed by atoms with Gasteiger partial charge in [0.15, 0.2) is 0 Å². The van der Waals surface area contributed by atoms with Gasteiger partial charge < -0.3 is 15.4 Å². The van der Waals surface area contributed by atoms with Crippen LogP contribution in [0.4, 0.5) is 0 Å². The van der Waals surface area contributed by atoms with Gasteiger partial charge in [-0.25, -0.2) is 0 Å². The Labute approximate surface area is 157 Å². The van der Waals surface area contributed by atoms with E-state index < -0.39 is 5.60 Å². The summed E-state index contributed by atoms with van der Waals surface area (Å²) in [6, 6.07) is 8.66. The van der Waals surface area contributed by atoms with Crippen molar-refractivity contribution in [3.05, 3.63) is 35.4 Å². The van der Waals surface area contributed by atoms with Gasteiger partial charge in [0, 0.05) is 20.2 Å². The highest BCUT2D eigenvalue weighted by atomic mass is 16.5. The predicted octanol–water partition coefficient (Wildman–Crippen LogP) is 2.45. The average molecular weight is 360 g/mol. The lowest BCUT2D eigenvalue weighted by molar-refractivity contribution is -0.146. The maximum absolute atomic E-state index is 12.6. The summed E-state index contributed by atoms with van der Waals surface area (Å²) >= 11 is 0. The van der Waals surface area contributed by atoms with Crippen molar-refractivity contribution in [2.45, 2.75) is 57.2 Å². The minimum Gasteiger partial charge on any atom is -0.368 e. The van der Waals surface area contributed by atoms with Crippen molar-refractivity contribution >= 4 is 5.91 Å². The molecule has 1 aromatic carbocycles. The number of likely N-dealkylation sites (tertiary alicyclic amines) is 1. The maximum Gasteiger partial charge on any atom is 0.252 e. The lowest BCUT2D eigenvalue weighted by Crippen LogP contribution is -2.53. The first-order chi connectivity index (χ1) is 12.7. The largest absolute Gasteiger partial charge is 0.368 e. The second-order valence-electron chi connectivity index (χ2n) is 7.64. The van der Waals surface area contributed by atoms with Gasteiger partial charge in [0.1, 0.15) is 5.60 Å². The van der Waals surface area contributed by atoms with Crippen molar-refractivity contribution in [1.82, 2.24) is 15.5 Å². The van der Waals surface area contributed by atoms with E-state index in [0.717, 1.165) is 38.0 Å². The van der Waals surface area contributed by atoms with Crippen LogP contribution in [0.25, 0.3) is 0 Å². The third-order valence-corrected chi connectivity index (χ3v) is 5.80. The Hall–Kier alpha value is -1.43. The van der Waals surface area contributed by atoms with Crippen LogP contribution in [0.15, 0.2) is 24.3 Å². The summed E-state index contributed by atoms with van der Waals surface area (Å²) in [6.45, 7) is 5.67. The van der Waals surface area contributed by atoms with Crippen LogP contribution in [0.3, 0.4) is 0 Å². The lowest BCUT2D eigenvalue weighted by Gasteiger charge is -2.34. The second-order valence-corrected chi connectivity index (χ2v) is 7.64. The zero-order chi connectivity index (χ0) is 18.2. The molecule has 26 heavy (non-hydrogen) atoms. The van der Waals surface area contributed by atoms with Gasteiger partial charge in [0.2, 0.25) is 0 Å². The van der Waals surface area contributed by atoms with Crippen LogP contribution in [-0.4, -0.2) is 49.7 Å². The Kier molecular flexibility index (Phi) is 7.06. The molecule has 5 heteroatoms. The highest BCUT2D eigenvalue weighted by Gasteiger charge is 2.39. The zero-order valence-electron chi connectivity index (χ0n) is 16.1. The molecule has 0 atom stereocenters. The van der Waals surface area contributed by atoms with E-state index in [0.29, 0.717) is 6.54 Å². The van der Waals surface area contributed by atoms with Crippen molar-refractivity contribution in [2.75, 3.05) is 33.3 Å². The minimum absolute atomic E-state index is 0.00939. The number of carbonyl (C=O) groups is 1. The summed E-state index contributed by atoms with van der Waals surface area (Å²) in [5, 5.41) is 6.35. The Balaban J connectivity index is 1.50. The SMILES string of the molecule is COC1(C(=O)NCc2ccc(CN3CCCCCC3)cc2)CCNCC1. The van der Waals surface area contributed by atoms with E-state index in [1.165, 1.54) is 44.3 Å². The van der Waals surface area contributed by atoms with Gasteiger partial charge >= 0.3 is 0 Å². The fraction of sp³-hybridized carbons (Fsp3) is 0.667. The zero-order valence-corrected chi connectivity index (χ0v) is 16.1. The summed E-state index contributed by atoms with van der Waals surface area (Å²) in [4.78, 5) is 15.2. The maximum atomic E-state index is 12.6. The summed E-state index contributed by atoms with van der Waals surface area (Å²) in [6.07, 6.45) is 6.83. The van der Waals surface area contributed by atoms with Crippen molar-refractivity contribution in [1.29, 1.82) is 0 Å². The van der Waals surface area contributed by atoms with E-state index in [-0.39, 0.29) is 5.91 Å². The van der Waals surface area contributed by atoms with Crippen molar-refractivity contribution in [2.24, 2.45) is 0 Å². The number of amides is 1. The molecule has 144 valence electrons. The van der Waals surface area contributed by atoms with E-state index in [1.807, 2.05) is 0 Å². The van der Waals surface area contributed by atoms with Crippen molar-refractivity contribution in [3.63, 3.8) is 0 Å². The Morgan fingerprint density at radius 3 is 2.31 bits per heavy atom. The molecular formula is C21H33N3O2. The number of hydrogen-bond donors (Lipinski definition) is 2. The Morgan fingerprint density at radius 2 is 1.69 bits per heavy atom. The number of nitrogens with zero attached hydrogens (tertiary/aromatic N) is 1. The van der Waals surface area contributed by atoms with Gasteiger partial charge in [-0.2, -0.15) is 0 Å². The van der Waals surface area contributed by atoms with E-state index in [9.17, 15) is 4.79 Å². The molecule has 2 fully saturated rings. The number of rotatable bonds is 6. The molecule has 2 aliphatic rings. The smallest absolute Gasteiger partial charge is 0.252 e. The molecule has 0 spiro atoms. The number of piperidine rings is 1. The van der Waals surface area contributed by atoms with Crippen LogP contribution >= 0.6 is 0 Å². The molecule has 2 heterocycles. The molecule has 0 bridgehead atoms. The number of benzene rings is 1. The molecule has 1 amide bonds. The van der Waals surface area contributed by atoms with Crippen LogP contribution < -0.4 is 10.6 Å². The van der Waals surface area contributed by atoms with Crippen molar-refractivity contribution < 1.29 is 9.53 Å². The second kappa shape index (κ2) is 9.49. The molecule has 0 aliphatic carbocycles. The first kappa shape index (κ1) is 19.3. The molecule has 3 rings (SSSR count). The molecular weight excluding hydrogens is 326 g/mol. The number of nitrogens with one attached hydrogen (secondary N) is 2. The summed E-state index contributed by atoms with van der Waals surface area (Å²) in [5.41, 5.74) is 1.82. The van der Waals surface area contributed by atoms with Crippen LogP contribution in [0, 0.1) is 0 Å². The lowest BCUT2D eigenvalue weighted by atomic mass is 9.91. The highest BCUT2D eigenvalue weighted by molar-refractivity contribution is 5.85. The first-order valence-electron chi connectivity index (χ1n) is 10.1. The van der Waals surface area contributed by atoms with E-state index in [2.05, 4.69) is 39.8 Å². The summed E-state index contributed by atoms with van der Waals surface area (Å²) in [5.74, 6) is 0.00939. The number of ether oxygens (including phenoxy) is 1. The molecule has 1 aromatic rings. The molecule has 0 saturated carbocycles. The molecule has 5 nitrogen and oxygen atoms in total. The van der Waals surface area contributed by atoms with Gasteiger partial charge in [-0.15, -0.1) is 0 Å².